The summed E-state index contributed by atoms with van der Waals surface area (Å²) in [5.74, 6) is 0.450. The minimum Gasteiger partial charge on any atom is -0.438 e. The summed E-state index contributed by atoms with van der Waals surface area (Å²) < 4.78 is 35.6. The van der Waals surface area contributed by atoms with Crippen LogP contribution >= 0.6 is 23.2 Å². The lowest BCUT2D eigenvalue weighted by Gasteiger charge is -2.32. The van der Waals surface area contributed by atoms with Gasteiger partial charge in [-0.15, -0.1) is 0 Å². The number of piperidine rings is 1. The van der Waals surface area contributed by atoms with Crippen molar-refractivity contribution in [2.75, 3.05) is 13.1 Å². The van der Waals surface area contributed by atoms with Crippen LogP contribution in [-0.4, -0.2) is 41.3 Å². The lowest BCUT2D eigenvalue weighted by atomic mass is 9.85. The molecule has 0 spiro atoms. The molecule has 2 fully saturated rings. The number of nitrogens with two attached hydrogens (primary N) is 1. The number of nitrogens with zero attached hydrogens (tertiary/aromatic N) is 3. The number of furan rings is 1. The highest BCUT2D eigenvalue weighted by Gasteiger charge is 2.36. The number of carbonyl (C=O) groups excluding carboxylic acids is 1. The van der Waals surface area contributed by atoms with E-state index in [1.807, 2.05) is 24.3 Å². The Labute approximate surface area is 265 Å². The molecule has 7 rings (SSSR count). The molecule has 5 aromatic rings. The van der Waals surface area contributed by atoms with Gasteiger partial charge in [-0.25, -0.2) is 13.4 Å². The Bertz CT molecular complexity index is 1910. The molecule has 1 aliphatic carbocycles. The zero-order valence-corrected chi connectivity index (χ0v) is 26.0. The molecule has 0 atom stereocenters. The van der Waals surface area contributed by atoms with Gasteiger partial charge < -0.3 is 14.7 Å². The highest BCUT2D eigenvalue weighted by Crippen LogP contribution is 2.44. The van der Waals surface area contributed by atoms with Crippen LogP contribution in [0.3, 0.4) is 0 Å². The smallest absolute Gasteiger partial charge is 0.284 e. The van der Waals surface area contributed by atoms with E-state index in [9.17, 15) is 13.2 Å². The second kappa shape index (κ2) is 11.4. The number of hydrogen-bond acceptors (Lipinski definition) is 5. The van der Waals surface area contributed by atoms with Gasteiger partial charge in [0.2, 0.25) is 5.09 Å². The molecule has 1 saturated heterocycles. The zero-order valence-electron chi connectivity index (χ0n) is 23.7. The molecule has 1 aliphatic heterocycles. The average molecular weight is 650 g/mol. The Morgan fingerprint density at radius 1 is 0.841 bits per heavy atom. The van der Waals surface area contributed by atoms with Crippen molar-refractivity contribution in [3.05, 3.63) is 117 Å². The number of primary amides is 1. The van der Waals surface area contributed by atoms with E-state index in [1.165, 1.54) is 16.4 Å². The highest BCUT2D eigenvalue weighted by atomic mass is 35.5. The maximum absolute atomic E-state index is 13.3. The normalized spacial score (nSPS) is 16.6. The first-order valence-electron chi connectivity index (χ1n) is 14.6. The lowest BCUT2D eigenvalue weighted by Crippen LogP contribution is -2.39. The molecule has 0 radical (unpaired) electrons. The van der Waals surface area contributed by atoms with E-state index in [-0.39, 0.29) is 22.8 Å². The first-order valence-corrected chi connectivity index (χ1v) is 16.8. The summed E-state index contributed by atoms with van der Waals surface area (Å²) in [5.41, 5.74) is 10.6. The van der Waals surface area contributed by atoms with Gasteiger partial charge in [0.25, 0.3) is 15.9 Å². The number of imidazole rings is 1. The summed E-state index contributed by atoms with van der Waals surface area (Å²) in [6, 6.07) is 25.0. The van der Waals surface area contributed by atoms with Gasteiger partial charge in [0, 0.05) is 41.0 Å². The number of fused-ring (bicyclic) bond motifs is 1. The molecule has 44 heavy (non-hydrogen) atoms. The zero-order chi connectivity index (χ0) is 30.6. The van der Waals surface area contributed by atoms with Crippen LogP contribution in [0.1, 0.15) is 76.6 Å². The van der Waals surface area contributed by atoms with Crippen LogP contribution in [0.5, 0.6) is 0 Å². The summed E-state index contributed by atoms with van der Waals surface area (Å²) in [4.78, 5) is 16.5. The number of sulfonamides is 1. The summed E-state index contributed by atoms with van der Waals surface area (Å²) in [6.07, 6.45) is 3.44. The Hall–Kier alpha value is -3.63. The van der Waals surface area contributed by atoms with E-state index in [1.54, 1.807) is 0 Å². The fourth-order valence-electron chi connectivity index (χ4n) is 6.27. The second-order valence-corrected chi connectivity index (χ2v) is 14.3. The third kappa shape index (κ3) is 5.43. The van der Waals surface area contributed by atoms with Crippen molar-refractivity contribution >= 4 is 50.2 Å². The van der Waals surface area contributed by atoms with Crippen LogP contribution in [0.2, 0.25) is 10.0 Å². The van der Waals surface area contributed by atoms with E-state index in [0.29, 0.717) is 41.9 Å². The quantitative estimate of drug-likeness (QED) is 0.180. The molecule has 1 amide bonds. The van der Waals surface area contributed by atoms with E-state index in [4.69, 9.17) is 38.3 Å². The fourth-order valence-corrected chi connectivity index (χ4v) is 7.90. The Morgan fingerprint density at radius 3 is 1.98 bits per heavy atom. The molecule has 2 aromatic heterocycles. The number of rotatable bonds is 8. The van der Waals surface area contributed by atoms with Crippen molar-refractivity contribution in [3.63, 3.8) is 0 Å². The summed E-state index contributed by atoms with van der Waals surface area (Å²) in [6.45, 7) is 0.641. The van der Waals surface area contributed by atoms with E-state index >= 15 is 0 Å². The molecule has 8 nitrogen and oxygen atoms in total. The molecule has 0 bridgehead atoms. The molecule has 2 N–H and O–H groups in total. The number of carbonyl (C=O) groups is 1. The van der Waals surface area contributed by atoms with Crippen molar-refractivity contribution in [1.82, 2.24) is 13.9 Å². The first-order chi connectivity index (χ1) is 21.2. The third-order valence-electron chi connectivity index (χ3n) is 8.63. The number of aromatic nitrogens is 2. The maximum Gasteiger partial charge on any atom is 0.284 e. The van der Waals surface area contributed by atoms with Gasteiger partial charge >= 0.3 is 0 Å². The number of halogens is 2. The number of hydrogen-bond donors (Lipinski definition) is 1. The molecule has 3 aromatic carbocycles. The third-order valence-corrected chi connectivity index (χ3v) is 10.9. The van der Waals surface area contributed by atoms with E-state index in [0.717, 1.165) is 46.4 Å². The Morgan fingerprint density at radius 2 is 1.43 bits per heavy atom. The van der Waals surface area contributed by atoms with Gasteiger partial charge in [-0.1, -0.05) is 53.5 Å². The SMILES string of the molecule is NC(=O)c1ccc(S(=O)(=O)N2CCC(n3c(C4CC4)nc4ccc(C(c5ccc(Cl)cc5)c5ccc(Cl)cc5)cc43)CC2)o1. The van der Waals surface area contributed by atoms with Gasteiger partial charge in [0.1, 0.15) is 5.82 Å². The second-order valence-electron chi connectivity index (χ2n) is 11.5. The van der Waals surface area contributed by atoms with Crippen LogP contribution < -0.4 is 5.73 Å². The van der Waals surface area contributed by atoms with Crippen molar-refractivity contribution in [1.29, 1.82) is 0 Å². The Kier molecular flexibility index (Phi) is 7.53. The lowest BCUT2D eigenvalue weighted by molar-refractivity contribution is 0.0968. The topological polar surface area (TPSA) is 111 Å². The molecular weight excluding hydrogens is 619 g/mol. The van der Waals surface area contributed by atoms with Crippen LogP contribution in [0.15, 0.2) is 88.4 Å². The van der Waals surface area contributed by atoms with Gasteiger partial charge in [0.05, 0.1) is 11.0 Å². The minimum atomic E-state index is -3.89. The molecule has 1 saturated carbocycles. The van der Waals surface area contributed by atoms with Crippen LogP contribution in [0.4, 0.5) is 0 Å². The maximum atomic E-state index is 13.3. The number of benzene rings is 3. The molecule has 3 heterocycles. The fraction of sp³-hybridized carbons (Fsp3) is 0.273. The minimum absolute atomic E-state index is 0.0489. The Balaban J connectivity index is 1.24. The van der Waals surface area contributed by atoms with Crippen molar-refractivity contribution in [2.45, 2.75) is 48.7 Å². The van der Waals surface area contributed by atoms with Crippen molar-refractivity contribution in [3.8, 4) is 0 Å². The summed E-state index contributed by atoms with van der Waals surface area (Å²) >= 11 is 12.5. The predicted molar refractivity (Wildman–Crippen MR) is 170 cm³/mol. The largest absolute Gasteiger partial charge is 0.438 e. The number of amides is 1. The molecular formula is C33H30Cl2N4O4S. The van der Waals surface area contributed by atoms with Gasteiger partial charge in [-0.2, -0.15) is 4.31 Å². The first kappa shape index (κ1) is 29.1. The predicted octanol–water partition coefficient (Wildman–Crippen LogP) is 7.12. The standard InChI is InChI=1S/C33H30Cl2N4O4S/c34-24-8-3-20(4-9-24)31(21-5-10-25(35)11-6-21)23-7-12-27-28(19-23)39(33(37-27)22-1-2-22)26-15-17-38(18-16-26)44(41,42)30-14-13-29(43-30)32(36)40/h3-14,19,22,26,31H,1-2,15-18H2,(H2,36,40). The molecule has 11 heteroatoms. The highest BCUT2D eigenvalue weighted by molar-refractivity contribution is 7.89. The van der Waals surface area contributed by atoms with Crippen LogP contribution in [0.25, 0.3) is 11.0 Å². The molecule has 0 unspecified atom stereocenters. The van der Waals surface area contributed by atoms with Gasteiger partial charge in [0.15, 0.2) is 5.76 Å². The molecule has 226 valence electrons. The van der Waals surface area contributed by atoms with Gasteiger partial charge in [-0.3, -0.25) is 4.79 Å². The van der Waals surface area contributed by atoms with Gasteiger partial charge in [-0.05, 0) is 90.9 Å². The van der Waals surface area contributed by atoms with Crippen LogP contribution in [0, 0.1) is 0 Å². The van der Waals surface area contributed by atoms with Crippen molar-refractivity contribution < 1.29 is 17.6 Å². The van der Waals surface area contributed by atoms with E-state index in [2.05, 4.69) is 47.0 Å². The van der Waals surface area contributed by atoms with Crippen LogP contribution in [-0.2, 0) is 10.0 Å². The summed E-state index contributed by atoms with van der Waals surface area (Å²) in [7, 11) is -3.89. The monoisotopic (exact) mass is 648 g/mol. The average Bonchev–Trinajstić information content (AvgIpc) is 3.60. The molecule has 2 aliphatic rings. The summed E-state index contributed by atoms with van der Waals surface area (Å²) in [5, 5.41) is 1.09. The van der Waals surface area contributed by atoms with Crippen molar-refractivity contribution in [2.24, 2.45) is 5.73 Å². The van der Waals surface area contributed by atoms with E-state index < -0.39 is 15.9 Å².